The van der Waals surface area contributed by atoms with Crippen molar-refractivity contribution in [2.75, 3.05) is 37.6 Å². The number of nitrogens with zero attached hydrogens (tertiary/aromatic N) is 3. The van der Waals surface area contributed by atoms with Gasteiger partial charge >= 0.3 is 0 Å². The molecule has 1 saturated heterocycles. The van der Waals surface area contributed by atoms with Crippen molar-refractivity contribution in [1.29, 1.82) is 0 Å². The summed E-state index contributed by atoms with van der Waals surface area (Å²) in [6.07, 6.45) is 0. The summed E-state index contributed by atoms with van der Waals surface area (Å²) in [6.45, 7) is 12.3. The minimum absolute atomic E-state index is 0.754. The van der Waals surface area contributed by atoms with Crippen LogP contribution in [0.3, 0.4) is 0 Å². The average molecular weight is 312 g/mol. The minimum Gasteiger partial charge on any atom is -0.354 e. The van der Waals surface area contributed by atoms with E-state index < -0.39 is 0 Å². The summed E-state index contributed by atoms with van der Waals surface area (Å²) < 4.78 is 1.09. The molecule has 0 N–H and O–H groups in total. The quantitative estimate of drug-likeness (QED) is 0.855. The molecule has 4 heteroatoms. The summed E-state index contributed by atoms with van der Waals surface area (Å²) >= 11 is 3.50. The molecular formula is C14H22BrN3. The van der Waals surface area contributed by atoms with Gasteiger partial charge in [-0.25, -0.2) is 4.98 Å². The molecule has 0 amide bonds. The molecule has 0 radical (unpaired) electrons. The van der Waals surface area contributed by atoms with Crippen LogP contribution in [-0.4, -0.2) is 42.6 Å². The van der Waals surface area contributed by atoms with Crippen molar-refractivity contribution in [2.24, 2.45) is 5.92 Å². The summed E-state index contributed by atoms with van der Waals surface area (Å²) in [5.41, 5.74) is 1.07. The van der Waals surface area contributed by atoms with Gasteiger partial charge in [0.1, 0.15) is 5.82 Å². The Morgan fingerprint density at radius 1 is 1.22 bits per heavy atom. The normalized spacial score (nSPS) is 17.5. The predicted molar refractivity (Wildman–Crippen MR) is 80.2 cm³/mol. The molecule has 0 aliphatic carbocycles. The highest BCUT2D eigenvalue weighted by Gasteiger charge is 2.18. The first-order valence-corrected chi connectivity index (χ1v) is 7.46. The fourth-order valence-corrected chi connectivity index (χ4v) is 2.60. The highest BCUT2D eigenvalue weighted by atomic mass is 79.9. The van der Waals surface area contributed by atoms with E-state index in [-0.39, 0.29) is 0 Å². The third-order valence-corrected chi connectivity index (χ3v) is 4.16. The van der Waals surface area contributed by atoms with Crippen LogP contribution in [0.15, 0.2) is 16.6 Å². The summed E-state index contributed by atoms with van der Waals surface area (Å²) in [5.74, 6) is 1.87. The fraction of sp³-hybridized carbons (Fsp3) is 0.643. The van der Waals surface area contributed by atoms with Crippen LogP contribution in [0.2, 0.25) is 0 Å². The molecule has 1 fully saturated rings. The number of anilines is 1. The van der Waals surface area contributed by atoms with Gasteiger partial charge in [0.05, 0.1) is 5.69 Å². The molecule has 1 aromatic heterocycles. The fourth-order valence-electron chi connectivity index (χ4n) is 2.38. The van der Waals surface area contributed by atoms with Gasteiger partial charge in [-0.3, -0.25) is 4.90 Å². The molecule has 0 aromatic carbocycles. The van der Waals surface area contributed by atoms with E-state index in [0.29, 0.717) is 0 Å². The van der Waals surface area contributed by atoms with Gasteiger partial charge in [-0.15, -0.1) is 0 Å². The Labute approximate surface area is 118 Å². The molecule has 0 atom stereocenters. The van der Waals surface area contributed by atoms with Crippen LogP contribution in [0.1, 0.15) is 19.5 Å². The molecule has 0 saturated carbocycles. The van der Waals surface area contributed by atoms with E-state index in [1.54, 1.807) is 0 Å². The SMILES string of the molecule is Cc1nc(N2CCN(CC(C)C)CC2)ccc1Br. The minimum atomic E-state index is 0.754. The van der Waals surface area contributed by atoms with Crippen LogP contribution < -0.4 is 4.90 Å². The van der Waals surface area contributed by atoms with Gasteiger partial charge in [0.25, 0.3) is 0 Å². The molecule has 0 spiro atoms. The Morgan fingerprint density at radius 3 is 2.44 bits per heavy atom. The number of hydrogen-bond acceptors (Lipinski definition) is 3. The maximum absolute atomic E-state index is 4.64. The molecule has 2 heterocycles. The van der Waals surface area contributed by atoms with Gasteiger partial charge in [0, 0.05) is 37.2 Å². The standard InChI is InChI=1S/C14H22BrN3/c1-11(2)10-17-6-8-18(9-7-17)14-5-4-13(15)12(3)16-14/h4-5,11H,6-10H2,1-3H3. The topological polar surface area (TPSA) is 19.4 Å². The molecule has 0 bridgehead atoms. The zero-order chi connectivity index (χ0) is 13.1. The highest BCUT2D eigenvalue weighted by molar-refractivity contribution is 9.10. The van der Waals surface area contributed by atoms with Gasteiger partial charge in [-0.1, -0.05) is 13.8 Å². The first kappa shape index (κ1) is 13.8. The van der Waals surface area contributed by atoms with Crippen molar-refractivity contribution >= 4 is 21.7 Å². The third-order valence-electron chi connectivity index (χ3n) is 3.33. The molecule has 2 rings (SSSR count). The molecular weight excluding hydrogens is 290 g/mol. The van der Waals surface area contributed by atoms with Crippen LogP contribution in [0.25, 0.3) is 0 Å². The Hall–Kier alpha value is -0.610. The summed E-state index contributed by atoms with van der Waals surface area (Å²) in [5, 5.41) is 0. The van der Waals surface area contributed by atoms with Crippen molar-refractivity contribution in [1.82, 2.24) is 9.88 Å². The lowest BCUT2D eigenvalue weighted by atomic mass is 10.2. The number of piperazine rings is 1. The lowest BCUT2D eigenvalue weighted by molar-refractivity contribution is 0.231. The lowest BCUT2D eigenvalue weighted by Gasteiger charge is -2.36. The summed E-state index contributed by atoms with van der Waals surface area (Å²) in [7, 11) is 0. The first-order chi connectivity index (χ1) is 8.56. The van der Waals surface area contributed by atoms with Crippen LogP contribution in [0.4, 0.5) is 5.82 Å². The molecule has 1 aliphatic heterocycles. The van der Waals surface area contributed by atoms with E-state index in [0.717, 1.165) is 48.1 Å². The lowest BCUT2D eigenvalue weighted by Crippen LogP contribution is -2.47. The van der Waals surface area contributed by atoms with Crippen LogP contribution in [0.5, 0.6) is 0 Å². The Bertz CT molecular complexity index is 398. The number of pyridine rings is 1. The number of rotatable bonds is 3. The van der Waals surface area contributed by atoms with E-state index in [1.165, 1.54) is 6.54 Å². The van der Waals surface area contributed by atoms with Crippen LogP contribution >= 0.6 is 15.9 Å². The van der Waals surface area contributed by atoms with Gasteiger partial charge in [0.2, 0.25) is 0 Å². The Balaban J connectivity index is 1.94. The van der Waals surface area contributed by atoms with Crippen LogP contribution in [0, 0.1) is 12.8 Å². The molecule has 3 nitrogen and oxygen atoms in total. The van der Waals surface area contributed by atoms with Crippen LogP contribution in [-0.2, 0) is 0 Å². The number of hydrogen-bond donors (Lipinski definition) is 0. The van der Waals surface area contributed by atoms with E-state index in [4.69, 9.17) is 0 Å². The van der Waals surface area contributed by atoms with Crippen molar-refractivity contribution in [3.05, 3.63) is 22.3 Å². The van der Waals surface area contributed by atoms with Gasteiger partial charge in [0.15, 0.2) is 0 Å². The molecule has 1 aromatic rings. The van der Waals surface area contributed by atoms with Gasteiger partial charge in [-0.05, 0) is 40.9 Å². The number of halogens is 1. The van der Waals surface area contributed by atoms with E-state index >= 15 is 0 Å². The second-order valence-electron chi connectivity index (χ2n) is 5.42. The smallest absolute Gasteiger partial charge is 0.128 e. The van der Waals surface area contributed by atoms with Crippen molar-refractivity contribution in [3.8, 4) is 0 Å². The van der Waals surface area contributed by atoms with Crippen molar-refractivity contribution in [3.63, 3.8) is 0 Å². The third kappa shape index (κ3) is 3.45. The number of aryl methyl sites for hydroxylation is 1. The maximum atomic E-state index is 4.64. The second kappa shape index (κ2) is 6.02. The van der Waals surface area contributed by atoms with E-state index in [2.05, 4.69) is 56.7 Å². The number of aromatic nitrogens is 1. The van der Waals surface area contributed by atoms with Gasteiger partial charge in [-0.2, -0.15) is 0 Å². The van der Waals surface area contributed by atoms with Crippen molar-refractivity contribution < 1.29 is 0 Å². The molecule has 100 valence electrons. The summed E-state index contributed by atoms with van der Waals surface area (Å²) in [6, 6.07) is 4.20. The first-order valence-electron chi connectivity index (χ1n) is 6.66. The predicted octanol–water partition coefficient (Wildman–Crippen LogP) is 2.93. The zero-order valence-corrected chi connectivity index (χ0v) is 13.1. The Kier molecular flexibility index (Phi) is 4.62. The van der Waals surface area contributed by atoms with E-state index in [9.17, 15) is 0 Å². The van der Waals surface area contributed by atoms with Gasteiger partial charge < -0.3 is 4.90 Å². The average Bonchev–Trinajstić information content (AvgIpc) is 2.33. The second-order valence-corrected chi connectivity index (χ2v) is 6.27. The van der Waals surface area contributed by atoms with E-state index in [1.807, 2.05) is 6.92 Å². The zero-order valence-electron chi connectivity index (χ0n) is 11.5. The monoisotopic (exact) mass is 311 g/mol. The molecule has 0 unspecified atom stereocenters. The Morgan fingerprint density at radius 2 is 1.89 bits per heavy atom. The molecule has 18 heavy (non-hydrogen) atoms. The molecule has 1 aliphatic rings. The maximum Gasteiger partial charge on any atom is 0.128 e. The summed E-state index contributed by atoms with van der Waals surface area (Å²) in [4.78, 5) is 9.58. The highest BCUT2D eigenvalue weighted by Crippen LogP contribution is 2.20. The largest absolute Gasteiger partial charge is 0.354 e. The van der Waals surface area contributed by atoms with Crippen molar-refractivity contribution in [2.45, 2.75) is 20.8 Å².